The Bertz CT molecular complexity index is 848. The molecule has 8 heteroatoms. The number of para-hydroxylation sites is 1. The van der Waals surface area contributed by atoms with Crippen LogP contribution in [-0.4, -0.2) is 40.8 Å². The molecule has 0 aliphatic heterocycles. The molecule has 0 radical (unpaired) electrons. The Morgan fingerprint density at radius 2 is 1.71 bits per heavy atom. The van der Waals surface area contributed by atoms with Gasteiger partial charge in [0.2, 0.25) is 0 Å². The monoisotopic (exact) mass is 351 g/mol. The van der Waals surface area contributed by atoms with Crippen molar-refractivity contribution in [3.63, 3.8) is 0 Å². The van der Waals surface area contributed by atoms with Gasteiger partial charge in [-0.05, 0) is 18.2 Å². The van der Waals surface area contributed by atoms with E-state index in [9.17, 15) is 18.3 Å². The Kier molecular flexibility index (Phi) is 4.99. The Morgan fingerprint density at radius 3 is 2.21 bits per heavy atom. The van der Waals surface area contributed by atoms with Crippen molar-refractivity contribution in [2.45, 2.75) is 4.90 Å². The van der Waals surface area contributed by atoms with Crippen LogP contribution in [0.15, 0.2) is 47.4 Å². The number of nitrogens with zero attached hydrogens (tertiary/aromatic N) is 1. The molecule has 0 spiro atoms. The molecule has 0 aromatic heterocycles. The van der Waals surface area contributed by atoms with Gasteiger partial charge in [0.1, 0.15) is 5.56 Å². The van der Waals surface area contributed by atoms with Gasteiger partial charge in [-0.15, -0.1) is 0 Å². The number of anilines is 1. The van der Waals surface area contributed by atoms with E-state index in [0.29, 0.717) is 5.69 Å². The van der Waals surface area contributed by atoms with Crippen LogP contribution in [0.2, 0.25) is 0 Å². The molecule has 0 atom stereocenters. The molecule has 128 valence electrons. The van der Waals surface area contributed by atoms with E-state index in [0.717, 1.165) is 10.4 Å². The lowest BCUT2D eigenvalue weighted by molar-refractivity contribution is 0.0692. The van der Waals surface area contributed by atoms with E-state index >= 15 is 0 Å². The fraction of sp³-hybridized carbons (Fsp3) is 0.188. The van der Waals surface area contributed by atoms with E-state index in [4.69, 9.17) is 9.47 Å². The van der Waals surface area contributed by atoms with Crippen molar-refractivity contribution in [3.8, 4) is 11.5 Å². The molecule has 7 nitrogen and oxygen atoms in total. The van der Waals surface area contributed by atoms with Crippen LogP contribution in [0.1, 0.15) is 10.4 Å². The van der Waals surface area contributed by atoms with Gasteiger partial charge >= 0.3 is 5.97 Å². The molecular weight excluding hydrogens is 334 g/mol. The van der Waals surface area contributed by atoms with Gasteiger partial charge in [-0.3, -0.25) is 4.31 Å². The smallest absolute Gasteiger partial charge is 0.339 e. The number of aromatic carboxylic acids is 1. The van der Waals surface area contributed by atoms with Crippen molar-refractivity contribution in [2.75, 3.05) is 25.6 Å². The molecule has 2 aromatic rings. The van der Waals surface area contributed by atoms with Crippen LogP contribution >= 0.6 is 0 Å². The third-order valence-electron chi connectivity index (χ3n) is 3.46. The minimum Gasteiger partial charge on any atom is -0.493 e. The zero-order chi connectivity index (χ0) is 17.9. The molecule has 0 saturated heterocycles. The Balaban J connectivity index is 2.62. The first-order valence-corrected chi connectivity index (χ1v) is 8.30. The Morgan fingerprint density at radius 1 is 1.08 bits per heavy atom. The second-order valence-electron chi connectivity index (χ2n) is 4.82. The standard InChI is InChI=1S/C16H17NO6S/c1-17(11-7-5-4-6-8-11)24(20,21)12-9-13(16(18)19)15(23-3)14(10-12)22-2/h4-10H,1-3H3,(H,18,19). The number of carboxylic acids is 1. The van der Waals surface area contributed by atoms with Crippen LogP contribution in [0.25, 0.3) is 0 Å². The van der Waals surface area contributed by atoms with Gasteiger partial charge in [0.05, 0.1) is 24.8 Å². The number of hydrogen-bond donors (Lipinski definition) is 1. The first kappa shape index (κ1) is 17.6. The fourth-order valence-corrected chi connectivity index (χ4v) is 3.42. The number of carbonyl (C=O) groups is 1. The first-order valence-electron chi connectivity index (χ1n) is 6.86. The molecule has 0 saturated carbocycles. The predicted octanol–water partition coefficient (Wildman–Crippen LogP) is 2.23. The van der Waals surface area contributed by atoms with Crippen molar-refractivity contribution in [3.05, 3.63) is 48.0 Å². The first-order chi connectivity index (χ1) is 11.3. The molecule has 0 fully saturated rings. The highest BCUT2D eigenvalue weighted by Crippen LogP contribution is 2.35. The molecule has 0 bridgehead atoms. The summed E-state index contributed by atoms with van der Waals surface area (Å²) in [6.45, 7) is 0. The lowest BCUT2D eigenvalue weighted by Gasteiger charge is -2.21. The van der Waals surface area contributed by atoms with Gasteiger partial charge in [0, 0.05) is 13.1 Å². The van der Waals surface area contributed by atoms with Crippen molar-refractivity contribution in [2.24, 2.45) is 0 Å². The van der Waals surface area contributed by atoms with Gasteiger partial charge in [-0.25, -0.2) is 13.2 Å². The Hall–Kier alpha value is -2.74. The highest BCUT2D eigenvalue weighted by Gasteiger charge is 2.27. The van der Waals surface area contributed by atoms with Gasteiger partial charge in [-0.1, -0.05) is 18.2 Å². The number of ether oxygens (including phenoxy) is 2. The highest BCUT2D eigenvalue weighted by atomic mass is 32.2. The van der Waals surface area contributed by atoms with Crippen molar-refractivity contribution < 1.29 is 27.8 Å². The van der Waals surface area contributed by atoms with Crippen molar-refractivity contribution in [1.82, 2.24) is 0 Å². The average molecular weight is 351 g/mol. The summed E-state index contributed by atoms with van der Waals surface area (Å²) in [4.78, 5) is 11.2. The molecule has 0 aliphatic carbocycles. The maximum absolute atomic E-state index is 12.8. The maximum Gasteiger partial charge on any atom is 0.339 e. The Labute approximate surface area is 140 Å². The summed E-state index contributed by atoms with van der Waals surface area (Å²) in [6, 6.07) is 10.7. The van der Waals surface area contributed by atoms with Crippen LogP contribution in [0, 0.1) is 0 Å². The van der Waals surface area contributed by atoms with Gasteiger partial charge in [0.15, 0.2) is 11.5 Å². The molecule has 2 aromatic carbocycles. The summed E-state index contributed by atoms with van der Waals surface area (Å²) in [7, 11) is 0.0121. The van der Waals surface area contributed by atoms with E-state index in [1.807, 2.05) is 0 Å². The van der Waals surface area contributed by atoms with Crippen molar-refractivity contribution in [1.29, 1.82) is 0 Å². The zero-order valence-electron chi connectivity index (χ0n) is 13.4. The minimum absolute atomic E-state index is 0.0254. The largest absolute Gasteiger partial charge is 0.493 e. The summed E-state index contributed by atoms with van der Waals surface area (Å²) < 4.78 is 36.8. The van der Waals surface area contributed by atoms with Crippen LogP contribution < -0.4 is 13.8 Å². The van der Waals surface area contributed by atoms with Crippen LogP contribution in [-0.2, 0) is 10.0 Å². The maximum atomic E-state index is 12.8. The average Bonchev–Trinajstić information content (AvgIpc) is 2.60. The number of sulfonamides is 1. The normalized spacial score (nSPS) is 11.0. The van der Waals surface area contributed by atoms with Crippen LogP contribution in [0.4, 0.5) is 5.69 Å². The molecule has 24 heavy (non-hydrogen) atoms. The SMILES string of the molecule is COc1cc(S(=O)(=O)N(C)c2ccccc2)cc(C(=O)O)c1OC. The van der Waals surface area contributed by atoms with Crippen LogP contribution in [0.5, 0.6) is 11.5 Å². The van der Waals surface area contributed by atoms with E-state index in [-0.39, 0.29) is 22.0 Å². The lowest BCUT2D eigenvalue weighted by Crippen LogP contribution is -2.26. The second kappa shape index (κ2) is 6.79. The third kappa shape index (κ3) is 3.13. The number of benzene rings is 2. The second-order valence-corrected chi connectivity index (χ2v) is 6.79. The summed E-state index contributed by atoms with van der Waals surface area (Å²) in [5.74, 6) is -1.33. The van der Waals surface area contributed by atoms with Gasteiger partial charge in [-0.2, -0.15) is 0 Å². The predicted molar refractivity (Wildman–Crippen MR) is 88.5 cm³/mol. The van der Waals surface area contributed by atoms with Crippen LogP contribution in [0.3, 0.4) is 0 Å². The number of carboxylic acid groups (broad SMARTS) is 1. The fourth-order valence-electron chi connectivity index (χ4n) is 2.18. The number of methoxy groups -OCH3 is 2. The van der Waals surface area contributed by atoms with E-state index in [1.165, 1.54) is 27.3 Å². The molecule has 0 amide bonds. The van der Waals surface area contributed by atoms with E-state index in [1.54, 1.807) is 30.3 Å². The summed E-state index contributed by atoms with van der Waals surface area (Å²) >= 11 is 0. The molecule has 2 rings (SSSR count). The van der Waals surface area contributed by atoms with E-state index < -0.39 is 16.0 Å². The molecule has 0 unspecified atom stereocenters. The molecule has 0 aliphatic rings. The molecular formula is C16H17NO6S. The quantitative estimate of drug-likeness (QED) is 0.858. The van der Waals surface area contributed by atoms with Gasteiger partial charge < -0.3 is 14.6 Å². The third-order valence-corrected chi connectivity index (χ3v) is 5.22. The number of rotatable bonds is 6. The lowest BCUT2D eigenvalue weighted by atomic mass is 10.2. The molecule has 0 heterocycles. The summed E-state index contributed by atoms with van der Waals surface area (Å²) in [6.07, 6.45) is 0. The highest BCUT2D eigenvalue weighted by molar-refractivity contribution is 7.92. The van der Waals surface area contributed by atoms with E-state index in [2.05, 4.69) is 0 Å². The summed E-state index contributed by atoms with van der Waals surface area (Å²) in [5, 5.41) is 9.32. The zero-order valence-corrected chi connectivity index (χ0v) is 14.2. The number of hydrogen-bond acceptors (Lipinski definition) is 5. The topological polar surface area (TPSA) is 93.1 Å². The van der Waals surface area contributed by atoms with Gasteiger partial charge in [0.25, 0.3) is 10.0 Å². The minimum atomic E-state index is -3.97. The van der Waals surface area contributed by atoms with Crippen molar-refractivity contribution >= 4 is 21.7 Å². The molecule has 1 N–H and O–H groups in total. The summed E-state index contributed by atoms with van der Waals surface area (Å²) in [5.41, 5.74) is 0.154.